The fourth-order valence-electron chi connectivity index (χ4n) is 6.28. The molecule has 1 spiro atoms. The number of halogens is 1. The van der Waals surface area contributed by atoms with Gasteiger partial charge in [0.05, 0.1) is 5.92 Å². The predicted molar refractivity (Wildman–Crippen MR) is 84.3 cm³/mol. The average molecular weight is 312 g/mol. The van der Waals surface area contributed by atoms with Crippen LogP contribution < -0.4 is 0 Å². The van der Waals surface area contributed by atoms with Crippen LogP contribution in [0.15, 0.2) is 30.9 Å². The van der Waals surface area contributed by atoms with Gasteiger partial charge in [-0.25, -0.2) is 4.39 Å². The number of carbonyl (C=O) groups is 1. The average Bonchev–Trinajstić information content (AvgIpc) is 3.05. The normalized spacial score (nSPS) is 43.3. The zero-order valence-electron chi connectivity index (χ0n) is 13.1. The molecule has 0 amide bonds. The van der Waals surface area contributed by atoms with Crippen molar-refractivity contribution in [3.05, 3.63) is 47.8 Å². The van der Waals surface area contributed by atoms with E-state index in [1.54, 1.807) is 12.1 Å². The van der Waals surface area contributed by atoms with Gasteiger partial charge in [0.1, 0.15) is 11.4 Å². The minimum absolute atomic E-state index is 0.0617. The van der Waals surface area contributed by atoms with Gasteiger partial charge in [-0.15, -0.1) is 6.58 Å². The third-order valence-corrected chi connectivity index (χ3v) is 7.09. The van der Waals surface area contributed by atoms with Crippen LogP contribution in [0.2, 0.25) is 0 Å². The van der Waals surface area contributed by atoms with Gasteiger partial charge in [-0.3, -0.25) is 4.79 Å². The first kappa shape index (κ1) is 13.8. The SMILES string of the molecule is C=C[C@@H]1CC[C@H]2[C@@H]3CCc4ccc(F)cc4[C@H]3[C@H]3C[C@@]12OC3=O. The Morgan fingerprint density at radius 3 is 3.00 bits per heavy atom. The monoisotopic (exact) mass is 312 g/mol. The Labute approximate surface area is 135 Å². The molecule has 1 heterocycles. The summed E-state index contributed by atoms with van der Waals surface area (Å²) in [7, 11) is 0. The van der Waals surface area contributed by atoms with Crippen molar-refractivity contribution < 1.29 is 13.9 Å². The fraction of sp³-hybridized carbons (Fsp3) is 0.550. The van der Waals surface area contributed by atoms with Gasteiger partial charge in [-0.2, -0.15) is 0 Å². The zero-order valence-corrected chi connectivity index (χ0v) is 13.1. The summed E-state index contributed by atoms with van der Waals surface area (Å²) in [5, 5.41) is 0. The molecule has 2 nitrogen and oxygen atoms in total. The molecule has 0 N–H and O–H groups in total. The molecule has 1 saturated heterocycles. The van der Waals surface area contributed by atoms with E-state index in [4.69, 9.17) is 4.74 Å². The molecule has 1 aliphatic heterocycles. The minimum atomic E-state index is -0.310. The lowest BCUT2D eigenvalue weighted by molar-refractivity contribution is -0.154. The van der Waals surface area contributed by atoms with E-state index in [0.29, 0.717) is 11.8 Å². The van der Waals surface area contributed by atoms with Crippen molar-refractivity contribution in [3.8, 4) is 0 Å². The quantitative estimate of drug-likeness (QED) is 0.579. The summed E-state index contributed by atoms with van der Waals surface area (Å²) >= 11 is 0. The molecule has 0 unspecified atom stereocenters. The van der Waals surface area contributed by atoms with Crippen LogP contribution in [0, 0.1) is 29.5 Å². The van der Waals surface area contributed by atoms with Crippen molar-refractivity contribution in [2.24, 2.45) is 23.7 Å². The lowest BCUT2D eigenvalue weighted by atomic mass is 9.56. The number of ether oxygens (including phenoxy) is 1. The van der Waals surface area contributed by atoms with Crippen LogP contribution in [0.25, 0.3) is 0 Å². The predicted octanol–water partition coefficient (Wildman–Crippen LogP) is 4.00. The van der Waals surface area contributed by atoms with E-state index in [1.165, 1.54) is 5.56 Å². The second kappa shape index (κ2) is 4.46. The highest BCUT2D eigenvalue weighted by molar-refractivity contribution is 5.78. The number of carbonyl (C=O) groups excluding carboxylic acids is 1. The number of aryl methyl sites for hydroxylation is 1. The van der Waals surface area contributed by atoms with E-state index >= 15 is 0 Å². The first-order valence-electron chi connectivity index (χ1n) is 8.78. The summed E-state index contributed by atoms with van der Waals surface area (Å²) in [6.45, 7) is 3.98. The smallest absolute Gasteiger partial charge is 0.310 e. The molecule has 120 valence electrons. The van der Waals surface area contributed by atoms with Gasteiger partial charge in [0.25, 0.3) is 0 Å². The molecular formula is C20H21FO2. The van der Waals surface area contributed by atoms with Gasteiger partial charge in [0.2, 0.25) is 0 Å². The summed E-state index contributed by atoms with van der Waals surface area (Å²) < 4.78 is 19.9. The summed E-state index contributed by atoms with van der Waals surface area (Å²) in [4.78, 5) is 12.7. The highest BCUT2D eigenvalue weighted by atomic mass is 19.1. The van der Waals surface area contributed by atoms with E-state index in [2.05, 4.69) is 6.58 Å². The van der Waals surface area contributed by atoms with Crippen molar-refractivity contribution in [2.45, 2.75) is 43.6 Å². The van der Waals surface area contributed by atoms with Gasteiger partial charge in [-0.1, -0.05) is 12.1 Å². The summed E-state index contributed by atoms with van der Waals surface area (Å²) in [6, 6.07) is 5.12. The van der Waals surface area contributed by atoms with Gasteiger partial charge in [0, 0.05) is 24.2 Å². The van der Waals surface area contributed by atoms with E-state index < -0.39 is 0 Å². The van der Waals surface area contributed by atoms with Crippen LogP contribution in [0.1, 0.15) is 42.7 Å². The van der Waals surface area contributed by atoms with Crippen molar-refractivity contribution in [1.82, 2.24) is 0 Å². The highest BCUT2D eigenvalue weighted by Gasteiger charge is 2.67. The van der Waals surface area contributed by atoms with Crippen molar-refractivity contribution in [2.75, 3.05) is 0 Å². The van der Waals surface area contributed by atoms with Crippen molar-refractivity contribution >= 4 is 5.97 Å². The Balaban J connectivity index is 1.66. The molecule has 1 aromatic rings. The summed E-state index contributed by atoms with van der Waals surface area (Å²) in [6.07, 6.45) is 7.03. The molecule has 1 aromatic carbocycles. The Bertz CT molecular complexity index is 712. The van der Waals surface area contributed by atoms with Gasteiger partial charge < -0.3 is 4.74 Å². The number of hydrogen-bond acceptors (Lipinski definition) is 2. The standard InChI is InChI=1S/C20H21FO2/c1-2-12-5-8-17-14-7-4-11-3-6-13(21)9-15(11)18(14)16-10-20(12,17)23-19(16)22/h2-3,6,9,12,14,16-18H,1,4-5,7-8,10H2/t12-,14+,16-,17+,18+,20-/m1/s1. The van der Waals surface area contributed by atoms with Gasteiger partial charge >= 0.3 is 5.97 Å². The molecule has 3 heteroatoms. The van der Waals surface area contributed by atoms with Gasteiger partial charge in [-0.05, 0) is 54.9 Å². The summed E-state index contributed by atoms with van der Waals surface area (Å²) in [5.41, 5.74) is 1.98. The Hall–Kier alpha value is -1.64. The Kier molecular flexibility index (Phi) is 2.67. The summed E-state index contributed by atoms with van der Waals surface area (Å²) in [5.74, 6) is 0.936. The second-order valence-corrected chi connectivity index (χ2v) is 7.78. The number of fused-ring (bicyclic) bond motifs is 6. The molecular weight excluding hydrogens is 291 g/mol. The molecule has 23 heavy (non-hydrogen) atoms. The van der Waals surface area contributed by atoms with E-state index in [-0.39, 0.29) is 35.1 Å². The number of esters is 1. The first-order chi connectivity index (χ1) is 11.1. The molecule has 6 atom stereocenters. The van der Waals surface area contributed by atoms with Crippen molar-refractivity contribution in [1.29, 1.82) is 0 Å². The zero-order chi connectivity index (χ0) is 15.8. The first-order valence-corrected chi connectivity index (χ1v) is 8.78. The van der Waals surface area contributed by atoms with Crippen LogP contribution in [0.4, 0.5) is 4.39 Å². The maximum absolute atomic E-state index is 13.8. The molecule has 0 radical (unpaired) electrons. The lowest BCUT2D eigenvalue weighted by Gasteiger charge is -2.47. The van der Waals surface area contributed by atoms with E-state index in [9.17, 15) is 9.18 Å². The molecule has 3 fully saturated rings. The third kappa shape index (κ3) is 1.61. The largest absolute Gasteiger partial charge is 0.458 e. The molecule has 4 aliphatic rings. The fourth-order valence-corrected chi connectivity index (χ4v) is 6.28. The van der Waals surface area contributed by atoms with Crippen LogP contribution in [0.5, 0.6) is 0 Å². The lowest BCUT2D eigenvalue weighted by Crippen LogP contribution is -2.48. The second-order valence-electron chi connectivity index (χ2n) is 7.78. The van der Waals surface area contributed by atoms with E-state index in [1.807, 2.05) is 12.1 Å². The number of rotatable bonds is 1. The topological polar surface area (TPSA) is 26.3 Å². The highest BCUT2D eigenvalue weighted by Crippen LogP contribution is 2.65. The maximum atomic E-state index is 13.8. The Morgan fingerprint density at radius 2 is 2.17 bits per heavy atom. The van der Waals surface area contributed by atoms with Crippen molar-refractivity contribution in [3.63, 3.8) is 0 Å². The Morgan fingerprint density at radius 1 is 1.30 bits per heavy atom. The minimum Gasteiger partial charge on any atom is -0.458 e. The van der Waals surface area contributed by atoms with E-state index in [0.717, 1.165) is 37.7 Å². The van der Waals surface area contributed by atoms with Crippen LogP contribution >= 0.6 is 0 Å². The van der Waals surface area contributed by atoms with Gasteiger partial charge in [0.15, 0.2) is 0 Å². The molecule has 0 aromatic heterocycles. The molecule has 2 bridgehead atoms. The number of benzene rings is 1. The maximum Gasteiger partial charge on any atom is 0.310 e. The molecule has 5 rings (SSSR count). The van der Waals surface area contributed by atoms with Crippen LogP contribution in [-0.2, 0) is 16.0 Å². The van der Waals surface area contributed by atoms with Crippen LogP contribution in [0.3, 0.4) is 0 Å². The third-order valence-electron chi connectivity index (χ3n) is 7.09. The number of hydrogen-bond donors (Lipinski definition) is 0. The molecule has 3 aliphatic carbocycles. The van der Waals surface area contributed by atoms with Crippen LogP contribution in [-0.4, -0.2) is 11.6 Å². The molecule has 2 saturated carbocycles.